The zero-order chi connectivity index (χ0) is 27.7. The van der Waals surface area contributed by atoms with Crippen LogP contribution in [0.15, 0.2) is 49.2 Å². The maximum atomic E-state index is 13.8. The van der Waals surface area contributed by atoms with Crippen LogP contribution in [0, 0.1) is 17.6 Å². The number of anilines is 1. The van der Waals surface area contributed by atoms with Gasteiger partial charge in [-0.15, -0.1) is 0 Å². The number of hydrogen-bond acceptors (Lipinski definition) is 8. The molecule has 1 saturated heterocycles. The average Bonchev–Trinajstić information content (AvgIpc) is 3.38. The number of benzene rings is 1. The van der Waals surface area contributed by atoms with Crippen LogP contribution >= 0.6 is 0 Å². The van der Waals surface area contributed by atoms with E-state index in [-0.39, 0.29) is 35.0 Å². The Balaban J connectivity index is 1.16. The number of nitrogens with zero attached hydrogens (tertiary/aromatic N) is 7. The van der Waals surface area contributed by atoms with Crippen molar-refractivity contribution in [3.8, 4) is 11.6 Å². The third-order valence-electron chi connectivity index (χ3n) is 6.95. The highest BCUT2D eigenvalue weighted by molar-refractivity contribution is 6.02. The molecule has 0 radical (unpaired) electrons. The van der Waals surface area contributed by atoms with Crippen molar-refractivity contribution in [2.75, 3.05) is 25.0 Å². The van der Waals surface area contributed by atoms with Gasteiger partial charge in [0.15, 0.2) is 17.4 Å². The van der Waals surface area contributed by atoms with Gasteiger partial charge in [-0.05, 0) is 32.4 Å². The normalized spacial score (nSPS) is 18.3. The minimum absolute atomic E-state index is 0.0296. The number of aromatic nitrogens is 5. The van der Waals surface area contributed by atoms with Crippen LogP contribution in [-0.2, 0) is 22.6 Å². The van der Waals surface area contributed by atoms with Crippen molar-refractivity contribution < 1.29 is 23.1 Å². The second-order valence-corrected chi connectivity index (χ2v) is 10.1. The van der Waals surface area contributed by atoms with E-state index in [1.165, 1.54) is 18.7 Å². The van der Waals surface area contributed by atoms with Crippen LogP contribution in [-0.4, -0.2) is 71.5 Å². The lowest BCUT2D eigenvalue weighted by Gasteiger charge is -2.49. The minimum Gasteiger partial charge on any atom is -0.434 e. The van der Waals surface area contributed by atoms with Gasteiger partial charge in [0.05, 0.1) is 23.6 Å². The number of piperazine rings is 1. The van der Waals surface area contributed by atoms with E-state index in [1.807, 2.05) is 28.3 Å². The smallest absolute Gasteiger partial charge is 0.272 e. The molecular weight excluding hydrogens is 510 g/mol. The maximum absolute atomic E-state index is 13.8. The first-order valence-electron chi connectivity index (χ1n) is 12.5. The van der Waals surface area contributed by atoms with Crippen molar-refractivity contribution in [2.45, 2.75) is 38.8 Å². The number of aryl methyl sites for hydroxylation is 1. The number of hydrogen-bond donors (Lipinski definition) is 1. The van der Waals surface area contributed by atoms with E-state index in [2.05, 4.69) is 31.9 Å². The van der Waals surface area contributed by atoms with E-state index in [1.54, 1.807) is 0 Å². The highest BCUT2D eigenvalue weighted by atomic mass is 19.1. The molecule has 2 aliphatic heterocycles. The van der Waals surface area contributed by atoms with Crippen LogP contribution in [0.2, 0.25) is 0 Å². The molecule has 1 atom stereocenters. The summed E-state index contributed by atoms with van der Waals surface area (Å²) in [6, 6.07) is 2.90. The summed E-state index contributed by atoms with van der Waals surface area (Å²) in [5, 5.41) is 6.82. The summed E-state index contributed by atoms with van der Waals surface area (Å²) in [7, 11) is 0. The lowest BCUT2D eigenvalue weighted by molar-refractivity contribution is -0.145. The quantitative estimate of drug-likeness (QED) is 0.476. The standard InChI is InChI=1S/C26H28F2N8O3/c1-16(24(37)33-21-12-30-23(13-29-21)39-20-5-4-18(27)11-19(20)28)34-8-9-35(26(2,3)14-34)25(38)17-6-7-36-22(10-17)31-15-32-36/h4-5,11-13,15,17H,1,6-10,14H2,2-3H3,(H,29,33,37)/t17-/m1/s1. The lowest BCUT2D eigenvalue weighted by atomic mass is 9.91. The topological polar surface area (TPSA) is 118 Å². The molecular formula is C26H28F2N8O3. The molecule has 2 aromatic heterocycles. The fourth-order valence-corrected chi connectivity index (χ4v) is 4.89. The fraction of sp³-hybridized carbons (Fsp3) is 0.385. The lowest BCUT2D eigenvalue weighted by Crippen LogP contribution is -2.62. The number of carbonyl (C=O) groups excluding carboxylic acids is 2. The Hall–Kier alpha value is -4.42. The monoisotopic (exact) mass is 538 g/mol. The van der Waals surface area contributed by atoms with Gasteiger partial charge in [-0.1, -0.05) is 6.58 Å². The fourth-order valence-electron chi connectivity index (χ4n) is 4.89. The number of halogens is 2. The number of fused-ring (bicyclic) bond motifs is 1. The zero-order valence-electron chi connectivity index (χ0n) is 21.6. The highest BCUT2D eigenvalue weighted by Crippen LogP contribution is 2.29. The molecule has 5 rings (SSSR count). The zero-order valence-corrected chi connectivity index (χ0v) is 21.6. The Morgan fingerprint density at radius 2 is 1.95 bits per heavy atom. The Bertz CT molecular complexity index is 1410. The summed E-state index contributed by atoms with van der Waals surface area (Å²) in [4.78, 5) is 42.4. The van der Waals surface area contributed by atoms with E-state index in [4.69, 9.17) is 4.74 Å². The first-order valence-corrected chi connectivity index (χ1v) is 12.5. The maximum Gasteiger partial charge on any atom is 0.272 e. The van der Waals surface area contributed by atoms with Crippen LogP contribution in [0.1, 0.15) is 26.1 Å². The van der Waals surface area contributed by atoms with Crippen molar-refractivity contribution in [2.24, 2.45) is 5.92 Å². The predicted molar refractivity (Wildman–Crippen MR) is 135 cm³/mol. The molecule has 0 aliphatic carbocycles. The van der Waals surface area contributed by atoms with Gasteiger partial charge in [0, 0.05) is 44.6 Å². The molecule has 11 nitrogen and oxygen atoms in total. The largest absolute Gasteiger partial charge is 0.434 e. The molecule has 39 heavy (non-hydrogen) atoms. The SMILES string of the molecule is C=C(C(=O)Nc1cnc(Oc2ccc(F)cc2F)cn1)N1CCN(C(=O)[C@@H]2CCn3ncnc3C2)C(C)(C)C1. The average molecular weight is 539 g/mol. The number of amides is 2. The van der Waals surface area contributed by atoms with E-state index in [0.717, 1.165) is 18.0 Å². The molecule has 3 aromatic rings. The molecule has 1 fully saturated rings. The molecule has 0 spiro atoms. The van der Waals surface area contributed by atoms with Crippen LogP contribution < -0.4 is 10.1 Å². The summed E-state index contributed by atoms with van der Waals surface area (Å²) in [6.45, 7) is 9.90. The predicted octanol–water partition coefficient (Wildman–Crippen LogP) is 2.78. The van der Waals surface area contributed by atoms with Gasteiger partial charge in [-0.25, -0.2) is 23.7 Å². The van der Waals surface area contributed by atoms with Gasteiger partial charge in [0.1, 0.15) is 18.0 Å². The number of rotatable bonds is 6. The molecule has 1 aromatic carbocycles. The summed E-state index contributed by atoms with van der Waals surface area (Å²) < 4.78 is 34.0. The number of carbonyl (C=O) groups is 2. The number of ether oxygens (including phenoxy) is 1. The minimum atomic E-state index is -0.876. The van der Waals surface area contributed by atoms with Crippen molar-refractivity contribution in [3.63, 3.8) is 0 Å². The Kier molecular flexibility index (Phi) is 6.98. The molecule has 2 amide bonds. The highest BCUT2D eigenvalue weighted by Gasteiger charge is 2.41. The van der Waals surface area contributed by atoms with Gasteiger partial charge in [0.25, 0.3) is 5.91 Å². The molecule has 0 saturated carbocycles. The second kappa shape index (κ2) is 10.4. The summed E-state index contributed by atoms with van der Waals surface area (Å²) in [5.41, 5.74) is -0.297. The first-order chi connectivity index (χ1) is 18.6. The Morgan fingerprint density at radius 3 is 2.67 bits per heavy atom. The van der Waals surface area contributed by atoms with Crippen molar-refractivity contribution in [1.29, 1.82) is 0 Å². The van der Waals surface area contributed by atoms with Crippen LogP contribution in [0.5, 0.6) is 11.6 Å². The molecule has 204 valence electrons. The summed E-state index contributed by atoms with van der Waals surface area (Å²) in [5.74, 6) is -1.40. The molecule has 2 aliphatic rings. The molecule has 0 bridgehead atoms. The van der Waals surface area contributed by atoms with Gasteiger partial charge in [-0.3, -0.25) is 14.3 Å². The van der Waals surface area contributed by atoms with E-state index < -0.39 is 23.1 Å². The van der Waals surface area contributed by atoms with E-state index >= 15 is 0 Å². The molecule has 1 N–H and O–H groups in total. The third kappa shape index (κ3) is 5.56. The van der Waals surface area contributed by atoms with Crippen molar-refractivity contribution >= 4 is 17.6 Å². The summed E-state index contributed by atoms with van der Waals surface area (Å²) in [6.07, 6.45) is 5.26. The van der Waals surface area contributed by atoms with Crippen LogP contribution in [0.3, 0.4) is 0 Å². The molecule has 4 heterocycles. The Morgan fingerprint density at radius 1 is 1.13 bits per heavy atom. The van der Waals surface area contributed by atoms with Gasteiger partial charge in [-0.2, -0.15) is 5.10 Å². The van der Waals surface area contributed by atoms with Crippen LogP contribution in [0.25, 0.3) is 0 Å². The van der Waals surface area contributed by atoms with Gasteiger partial charge >= 0.3 is 0 Å². The van der Waals surface area contributed by atoms with Crippen molar-refractivity contribution in [1.82, 2.24) is 34.5 Å². The van der Waals surface area contributed by atoms with Crippen molar-refractivity contribution in [3.05, 3.63) is 66.7 Å². The van der Waals surface area contributed by atoms with E-state index in [0.29, 0.717) is 45.1 Å². The second-order valence-electron chi connectivity index (χ2n) is 10.1. The number of nitrogens with one attached hydrogen (secondary N) is 1. The Labute approximate surface area is 223 Å². The summed E-state index contributed by atoms with van der Waals surface area (Å²) >= 11 is 0. The van der Waals surface area contributed by atoms with Gasteiger partial charge < -0.3 is 19.9 Å². The first kappa shape index (κ1) is 26.2. The molecule has 0 unspecified atom stereocenters. The van der Waals surface area contributed by atoms with E-state index in [9.17, 15) is 18.4 Å². The molecule has 13 heteroatoms. The van der Waals surface area contributed by atoms with Gasteiger partial charge in [0.2, 0.25) is 11.8 Å². The third-order valence-corrected chi connectivity index (χ3v) is 6.95. The van der Waals surface area contributed by atoms with Crippen LogP contribution in [0.4, 0.5) is 14.6 Å².